The Bertz CT molecular complexity index is 1180. The molecule has 33 heavy (non-hydrogen) atoms. The van der Waals surface area contributed by atoms with Crippen molar-refractivity contribution in [2.75, 3.05) is 0 Å². The summed E-state index contributed by atoms with van der Waals surface area (Å²) < 4.78 is 0. The predicted octanol–water partition coefficient (Wildman–Crippen LogP) is 8.51. The van der Waals surface area contributed by atoms with Crippen LogP contribution in [0.25, 0.3) is 11.1 Å². The van der Waals surface area contributed by atoms with Gasteiger partial charge in [-0.2, -0.15) is 0 Å². The van der Waals surface area contributed by atoms with Crippen LogP contribution < -0.4 is 0 Å². The van der Waals surface area contributed by atoms with Gasteiger partial charge in [-0.3, -0.25) is 4.99 Å². The van der Waals surface area contributed by atoms with Gasteiger partial charge in [-0.15, -0.1) is 0 Å². The molecule has 5 heteroatoms. The zero-order chi connectivity index (χ0) is 23.7. The van der Waals surface area contributed by atoms with Gasteiger partial charge in [-0.25, -0.2) is 0 Å². The maximum atomic E-state index is 11.2. The normalized spacial score (nSPS) is 11.0. The molecular weight excluding hydrogens is 528 g/mol. The van der Waals surface area contributed by atoms with Crippen LogP contribution in [0.1, 0.15) is 30.5 Å². The molecule has 0 aliphatic rings. The van der Waals surface area contributed by atoms with Crippen molar-refractivity contribution in [3.05, 3.63) is 120 Å². The molecule has 0 saturated carbocycles. The number of benzene rings is 4. The van der Waals surface area contributed by atoms with Crippen molar-refractivity contribution in [1.82, 2.24) is 0 Å². The van der Waals surface area contributed by atoms with E-state index >= 15 is 0 Å². The number of phenolic OH excluding ortho intramolecular Hbond substituents is 1. The van der Waals surface area contributed by atoms with Crippen molar-refractivity contribution < 1.29 is 26.0 Å². The van der Waals surface area contributed by atoms with E-state index in [9.17, 15) is 5.11 Å². The summed E-state index contributed by atoms with van der Waals surface area (Å²) in [6.45, 7) is 4.29. The minimum atomic E-state index is -0.826. The summed E-state index contributed by atoms with van der Waals surface area (Å²) in [5.74, 6) is 0.267. The first-order chi connectivity index (χ1) is 16.0. The molecule has 0 saturated heterocycles. The van der Waals surface area contributed by atoms with E-state index in [1.54, 1.807) is 6.21 Å². The molecule has 4 aromatic rings. The van der Waals surface area contributed by atoms with Crippen LogP contribution in [0.15, 0.2) is 108 Å². The molecule has 0 amide bonds. The van der Waals surface area contributed by atoms with Gasteiger partial charge in [0.25, 0.3) is 0 Å². The molecular formula is C28H25Cl2NOZr. The van der Waals surface area contributed by atoms with Gasteiger partial charge in [0.15, 0.2) is 0 Å². The topological polar surface area (TPSA) is 32.6 Å². The van der Waals surface area contributed by atoms with Crippen LogP contribution in [0, 0.1) is 0 Å². The van der Waals surface area contributed by atoms with Crippen molar-refractivity contribution in [3.8, 4) is 16.9 Å². The van der Waals surface area contributed by atoms with Gasteiger partial charge in [0, 0.05) is 22.8 Å². The molecule has 2 nitrogen and oxygen atoms in total. The Labute approximate surface area is 214 Å². The molecule has 0 atom stereocenters. The van der Waals surface area contributed by atoms with E-state index < -0.39 is 20.8 Å². The Kier molecular flexibility index (Phi) is 9.50. The Balaban J connectivity index is 0.000000968. The van der Waals surface area contributed by atoms with Crippen LogP contribution in [0.5, 0.6) is 5.75 Å². The van der Waals surface area contributed by atoms with E-state index in [-0.39, 0.29) is 11.2 Å². The van der Waals surface area contributed by atoms with Crippen molar-refractivity contribution in [1.29, 1.82) is 0 Å². The Morgan fingerprint density at radius 2 is 1.27 bits per heavy atom. The fourth-order valence-electron chi connectivity index (χ4n) is 3.70. The summed E-state index contributed by atoms with van der Waals surface area (Å²) in [6, 6.07) is 34.4. The second-order valence-electron chi connectivity index (χ2n) is 7.98. The van der Waals surface area contributed by atoms with Crippen molar-refractivity contribution in [2.24, 2.45) is 4.99 Å². The summed E-state index contributed by atoms with van der Waals surface area (Å²) in [4.78, 5) is 4.58. The molecule has 0 aliphatic carbocycles. The van der Waals surface area contributed by atoms with Crippen molar-refractivity contribution in [2.45, 2.75) is 19.3 Å². The van der Waals surface area contributed by atoms with Gasteiger partial charge >= 0.3 is 37.9 Å². The van der Waals surface area contributed by atoms with E-state index in [1.165, 1.54) is 0 Å². The second kappa shape index (κ2) is 12.3. The summed E-state index contributed by atoms with van der Waals surface area (Å²) in [7, 11) is 9.87. The number of nitrogens with zero attached hydrogens (tertiary/aromatic N) is 1. The first-order valence-electron chi connectivity index (χ1n) is 10.5. The quantitative estimate of drug-likeness (QED) is 0.247. The van der Waals surface area contributed by atoms with Gasteiger partial charge in [0.2, 0.25) is 0 Å². The predicted molar refractivity (Wildman–Crippen MR) is 138 cm³/mol. The number of aromatic hydroxyl groups is 1. The first-order valence-corrected chi connectivity index (χ1v) is 16.8. The number of aliphatic imine (C=N–C) groups is 1. The Morgan fingerprint density at radius 1 is 0.758 bits per heavy atom. The first kappa shape index (κ1) is 25.4. The molecule has 0 aliphatic heterocycles. The van der Waals surface area contributed by atoms with Crippen molar-refractivity contribution >= 4 is 28.9 Å². The van der Waals surface area contributed by atoms with Crippen LogP contribution >= 0.6 is 17.0 Å². The fraction of sp³-hybridized carbons (Fsp3) is 0.107. The summed E-state index contributed by atoms with van der Waals surface area (Å²) in [5, 5.41) is 11.2. The third kappa shape index (κ3) is 6.67. The van der Waals surface area contributed by atoms with Crippen molar-refractivity contribution in [3.63, 3.8) is 0 Å². The second-order valence-corrected chi connectivity index (χ2v) is 11.7. The standard InChI is InChI=1S/C28H25NO.2ClH.Zr/c1-28(2,24-14-8-4-9-15-24)26-19-22(21-12-6-3-7-13-21)18-23(27(26)30)20-29-25-16-10-5-11-17-25;;;/h3-20,30H,1-2H3;2*1H;/q;;;+2/p-2. The van der Waals surface area contributed by atoms with Crippen LogP contribution in [-0.2, 0) is 26.3 Å². The zero-order valence-corrected chi connectivity index (χ0v) is 22.5. The number of halogens is 2. The minimum absolute atomic E-state index is 0.267. The Hall–Kier alpha value is -2.19. The molecule has 0 aromatic heterocycles. The average molecular weight is 554 g/mol. The fourth-order valence-corrected chi connectivity index (χ4v) is 3.70. The Morgan fingerprint density at radius 3 is 1.85 bits per heavy atom. The molecule has 166 valence electrons. The third-order valence-corrected chi connectivity index (χ3v) is 5.52. The monoisotopic (exact) mass is 551 g/mol. The van der Waals surface area contributed by atoms with E-state index in [1.807, 2.05) is 72.8 Å². The van der Waals surface area contributed by atoms with E-state index in [2.05, 4.69) is 49.2 Å². The molecule has 0 radical (unpaired) electrons. The molecule has 4 aromatic carbocycles. The molecule has 1 N–H and O–H groups in total. The van der Waals surface area contributed by atoms with E-state index in [0.29, 0.717) is 5.56 Å². The summed E-state index contributed by atoms with van der Waals surface area (Å²) in [5.41, 5.74) is 5.39. The molecule has 4 rings (SSSR count). The van der Waals surface area contributed by atoms with Crippen LogP contribution in [0.3, 0.4) is 0 Å². The molecule has 0 fully saturated rings. The van der Waals surface area contributed by atoms with Crippen LogP contribution in [0.2, 0.25) is 0 Å². The SMILES string of the molecule is CC(C)(c1ccccc1)c1cc(-c2ccccc2)cc(C=Nc2ccccc2)c1O.[Cl][Zr][Cl]. The number of rotatable bonds is 5. The van der Waals surface area contributed by atoms with Crippen LogP contribution in [-0.4, -0.2) is 11.3 Å². The summed E-state index contributed by atoms with van der Waals surface area (Å²) >= 11 is -0.826. The maximum absolute atomic E-state index is 11.2. The zero-order valence-electron chi connectivity index (χ0n) is 18.5. The average Bonchev–Trinajstić information content (AvgIpc) is 2.85. The van der Waals surface area contributed by atoms with Gasteiger partial charge in [0.1, 0.15) is 5.75 Å². The third-order valence-electron chi connectivity index (χ3n) is 5.52. The van der Waals surface area contributed by atoms with Gasteiger partial charge in [-0.05, 0) is 41.0 Å². The van der Waals surface area contributed by atoms with Gasteiger partial charge in [0.05, 0.1) is 5.69 Å². The number of hydrogen-bond acceptors (Lipinski definition) is 2. The van der Waals surface area contributed by atoms with Crippen LogP contribution in [0.4, 0.5) is 5.69 Å². The summed E-state index contributed by atoms with van der Waals surface area (Å²) in [6.07, 6.45) is 1.75. The molecule has 0 heterocycles. The number of hydrogen-bond donors (Lipinski definition) is 1. The molecule has 0 bridgehead atoms. The van der Waals surface area contributed by atoms with Gasteiger partial charge < -0.3 is 5.11 Å². The molecule has 0 spiro atoms. The number of phenols is 1. The molecule has 0 unspecified atom stereocenters. The van der Waals surface area contributed by atoms with Gasteiger partial charge in [-0.1, -0.05) is 92.7 Å². The van der Waals surface area contributed by atoms with E-state index in [4.69, 9.17) is 17.0 Å². The van der Waals surface area contributed by atoms with E-state index in [0.717, 1.165) is 27.9 Å². The number of para-hydroxylation sites is 1.